The van der Waals surface area contributed by atoms with Gasteiger partial charge in [0.05, 0.1) is 0 Å². The Balaban J connectivity index is 2.36. The van der Waals surface area contributed by atoms with Gasteiger partial charge in [-0.25, -0.2) is 9.67 Å². The van der Waals surface area contributed by atoms with E-state index in [9.17, 15) is 9.90 Å². The summed E-state index contributed by atoms with van der Waals surface area (Å²) < 4.78 is 1.72. The Hall–Kier alpha value is -1.08. The molecule has 7 heteroatoms. The van der Waals surface area contributed by atoms with Gasteiger partial charge in [0.15, 0.2) is 5.16 Å². The predicted octanol–water partition coefficient (Wildman–Crippen LogP) is 1.53. The fourth-order valence-electron chi connectivity index (χ4n) is 1.68. The lowest BCUT2D eigenvalue weighted by molar-refractivity contribution is -0.144. The fraction of sp³-hybridized carbons (Fsp3) is 0.750. The number of aryl methyl sites for hydroxylation is 1. The molecule has 0 aliphatic heterocycles. The molecule has 1 atom stereocenters. The van der Waals surface area contributed by atoms with Gasteiger partial charge in [0.25, 0.3) is 0 Å². The van der Waals surface area contributed by atoms with Crippen LogP contribution in [0.15, 0.2) is 11.5 Å². The van der Waals surface area contributed by atoms with Crippen LogP contribution < -0.4 is 5.32 Å². The summed E-state index contributed by atoms with van der Waals surface area (Å²) in [5.74, 6) is 0.0491. The van der Waals surface area contributed by atoms with Crippen molar-refractivity contribution in [1.82, 2.24) is 20.1 Å². The normalized spacial score (nSPS) is 14.3. The van der Waals surface area contributed by atoms with Crippen LogP contribution in [0.25, 0.3) is 0 Å². The van der Waals surface area contributed by atoms with Crippen LogP contribution in [0.5, 0.6) is 0 Å². The summed E-state index contributed by atoms with van der Waals surface area (Å²) in [7, 11) is 1.85. The molecule has 108 valence electrons. The van der Waals surface area contributed by atoms with Crippen LogP contribution in [-0.2, 0) is 11.8 Å². The molecule has 0 amide bonds. The quantitative estimate of drug-likeness (QED) is 0.529. The third-order valence-electron chi connectivity index (χ3n) is 2.96. The maximum Gasteiger partial charge on any atom is 0.323 e. The molecule has 0 bridgehead atoms. The first-order valence-electron chi connectivity index (χ1n) is 6.45. The SMILES string of the molecule is CCCNC(C)(CCCSc1ncnn1C)C(=O)O. The number of nitrogens with zero attached hydrogens (tertiary/aromatic N) is 3. The Labute approximate surface area is 118 Å². The Morgan fingerprint density at radius 1 is 1.63 bits per heavy atom. The highest BCUT2D eigenvalue weighted by Gasteiger charge is 2.31. The van der Waals surface area contributed by atoms with Crippen LogP contribution in [0.4, 0.5) is 0 Å². The van der Waals surface area contributed by atoms with Crippen molar-refractivity contribution in [2.24, 2.45) is 7.05 Å². The lowest BCUT2D eigenvalue weighted by atomic mass is 9.96. The highest BCUT2D eigenvalue weighted by molar-refractivity contribution is 7.99. The molecule has 0 spiro atoms. The molecule has 0 saturated carbocycles. The lowest BCUT2D eigenvalue weighted by Crippen LogP contribution is -2.49. The average molecular weight is 286 g/mol. The van der Waals surface area contributed by atoms with Gasteiger partial charge in [-0.3, -0.25) is 4.79 Å². The van der Waals surface area contributed by atoms with E-state index in [0.717, 1.165) is 30.3 Å². The first-order chi connectivity index (χ1) is 8.99. The van der Waals surface area contributed by atoms with E-state index in [-0.39, 0.29) is 0 Å². The van der Waals surface area contributed by atoms with E-state index in [1.165, 1.54) is 6.33 Å². The smallest absolute Gasteiger partial charge is 0.323 e. The highest BCUT2D eigenvalue weighted by atomic mass is 32.2. The molecule has 0 saturated heterocycles. The maximum absolute atomic E-state index is 11.3. The number of carboxylic acid groups (broad SMARTS) is 1. The molecule has 0 aliphatic rings. The lowest BCUT2D eigenvalue weighted by Gasteiger charge is -2.26. The van der Waals surface area contributed by atoms with Gasteiger partial charge in [-0.1, -0.05) is 18.7 Å². The molecule has 0 radical (unpaired) electrons. The number of hydrogen-bond acceptors (Lipinski definition) is 5. The number of rotatable bonds is 9. The van der Waals surface area contributed by atoms with Crippen molar-refractivity contribution in [2.45, 2.75) is 43.8 Å². The number of aromatic nitrogens is 3. The molecular weight excluding hydrogens is 264 g/mol. The van der Waals surface area contributed by atoms with Gasteiger partial charge in [-0.2, -0.15) is 5.10 Å². The van der Waals surface area contributed by atoms with E-state index >= 15 is 0 Å². The molecule has 2 N–H and O–H groups in total. The summed E-state index contributed by atoms with van der Waals surface area (Å²) in [4.78, 5) is 15.4. The summed E-state index contributed by atoms with van der Waals surface area (Å²) in [6.07, 6.45) is 3.87. The molecule has 1 aromatic rings. The van der Waals surface area contributed by atoms with Crippen LogP contribution in [-0.4, -0.2) is 43.7 Å². The Kier molecular flexibility index (Phi) is 6.30. The fourth-order valence-corrected chi connectivity index (χ4v) is 2.50. The molecule has 6 nitrogen and oxygen atoms in total. The minimum atomic E-state index is -0.837. The van der Waals surface area contributed by atoms with E-state index < -0.39 is 11.5 Å². The van der Waals surface area contributed by atoms with Crippen molar-refractivity contribution >= 4 is 17.7 Å². The minimum absolute atomic E-state index is 0.604. The molecule has 1 rings (SSSR count). The molecule has 1 unspecified atom stereocenters. The van der Waals surface area contributed by atoms with Crippen LogP contribution in [0.1, 0.15) is 33.1 Å². The second-order valence-electron chi connectivity index (χ2n) is 4.68. The van der Waals surface area contributed by atoms with Crippen molar-refractivity contribution in [3.05, 3.63) is 6.33 Å². The summed E-state index contributed by atoms with van der Waals surface area (Å²) in [5.41, 5.74) is -0.837. The van der Waals surface area contributed by atoms with E-state index in [4.69, 9.17) is 0 Å². The Bertz CT molecular complexity index is 410. The maximum atomic E-state index is 11.3. The summed E-state index contributed by atoms with van der Waals surface area (Å²) >= 11 is 1.60. The molecule has 0 aliphatic carbocycles. The van der Waals surface area contributed by atoms with Crippen molar-refractivity contribution in [2.75, 3.05) is 12.3 Å². The highest BCUT2D eigenvalue weighted by Crippen LogP contribution is 2.19. The van der Waals surface area contributed by atoms with Crippen molar-refractivity contribution in [3.63, 3.8) is 0 Å². The van der Waals surface area contributed by atoms with Gasteiger partial charge in [0.1, 0.15) is 11.9 Å². The zero-order valence-electron chi connectivity index (χ0n) is 11.7. The van der Waals surface area contributed by atoms with E-state index in [0.29, 0.717) is 6.42 Å². The van der Waals surface area contributed by atoms with E-state index in [1.54, 1.807) is 23.4 Å². The molecule has 1 heterocycles. The van der Waals surface area contributed by atoms with Gasteiger partial charge in [0.2, 0.25) is 0 Å². The number of carboxylic acids is 1. The van der Waals surface area contributed by atoms with Gasteiger partial charge < -0.3 is 10.4 Å². The van der Waals surface area contributed by atoms with Crippen LogP contribution in [0, 0.1) is 0 Å². The number of hydrogen-bond donors (Lipinski definition) is 2. The van der Waals surface area contributed by atoms with Gasteiger partial charge in [0, 0.05) is 12.8 Å². The summed E-state index contributed by atoms with van der Waals surface area (Å²) in [5, 5.41) is 17.2. The van der Waals surface area contributed by atoms with Gasteiger partial charge in [-0.15, -0.1) is 0 Å². The van der Waals surface area contributed by atoms with Crippen LogP contribution in [0.2, 0.25) is 0 Å². The van der Waals surface area contributed by atoms with Gasteiger partial charge in [-0.05, 0) is 32.7 Å². The molecule has 1 aromatic heterocycles. The summed E-state index contributed by atoms with van der Waals surface area (Å²) in [6, 6.07) is 0. The second-order valence-corrected chi connectivity index (χ2v) is 5.74. The third kappa shape index (κ3) is 4.83. The zero-order valence-corrected chi connectivity index (χ0v) is 12.5. The first kappa shape index (κ1) is 16.0. The number of nitrogens with one attached hydrogen (secondary N) is 1. The largest absolute Gasteiger partial charge is 0.480 e. The Morgan fingerprint density at radius 3 is 2.89 bits per heavy atom. The average Bonchev–Trinajstić information content (AvgIpc) is 2.78. The zero-order chi connectivity index (χ0) is 14.3. The Morgan fingerprint density at radius 2 is 2.37 bits per heavy atom. The van der Waals surface area contributed by atoms with Crippen molar-refractivity contribution in [3.8, 4) is 0 Å². The number of thioether (sulfide) groups is 1. The van der Waals surface area contributed by atoms with E-state index in [2.05, 4.69) is 15.4 Å². The van der Waals surface area contributed by atoms with E-state index in [1.807, 2.05) is 14.0 Å². The first-order valence-corrected chi connectivity index (χ1v) is 7.43. The monoisotopic (exact) mass is 286 g/mol. The van der Waals surface area contributed by atoms with Crippen LogP contribution >= 0.6 is 11.8 Å². The molecule has 19 heavy (non-hydrogen) atoms. The molecule has 0 fully saturated rings. The third-order valence-corrected chi connectivity index (χ3v) is 4.08. The standard InChI is InChI=1S/C12H22N4O2S/c1-4-7-14-12(2,10(17)18)6-5-8-19-11-13-9-15-16(11)3/h9,14H,4-8H2,1-3H3,(H,17,18). The molecule has 0 aromatic carbocycles. The van der Waals surface area contributed by atoms with Crippen molar-refractivity contribution < 1.29 is 9.90 Å². The second kappa shape index (κ2) is 7.49. The van der Waals surface area contributed by atoms with Gasteiger partial charge >= 0.3 is 5.97 Å². The molecular formula is C12H22N4O2S. The number of carbonyl (C=O) groups is 1. The predicted molar refractivity (Wildman–Crippen MR) is 75.3 cm³/mol. The topological polar surface area (TPSA) is 80.0 Å². The van der Waals surface area contributed by atoms with Crippen LogP contribution in [0.3, 0.4) is 0 Å². The van der Waals surface area contributed by atoms with Crippen molar-refractivity contribution in [1.29, 1.82) is 0 Å². The summed E-state index contributed by atoms with van der Waals surface area (Å²) in [6.45, 7) is 4.50. The minimum Gasteiger partial charge on any atom is -0.480 e. The number of aliphatic carboxylic acids is 1.